The predicted octanol–water partition coefficient (Wildman–Crippen LogP) is 1.50. The number of alkyl halides is 2. The largest absolute Gasteiger partial charge is 0.491 e. The average Bonchev–Trinajstić information content (AvgIpc) is 2.28. The minimum atomic E-state index is -2.94. The number of carbonyl (C=O) groups excluding carboxylic acids is 1. The Kier molecular flexibility index (Phi) is 4.19. The maximum atomic E-state index is 12.4. The smallest absolute Gasteiger partial charge is 0.358 e. The van der Waals surface area contributed by atoms with Crippen LogP contribution in [0.3, 0.4) is 0 Å². The lowest BCUT2D eigenvalue weighted by molar-refractivity contribution is 0.0514. The molecule has 0 aromatic carbocycles. The summed E-state index contributed by atoms with van der Waals surface area (Å²) >= 11 is 0. The van der Waals surface area contributed by atoms with Gasteiger partial charge in [-0.1, -0.05) is 0 Å². The zero-order chi connectivity index (χ0) is 13.0. The second kappa shape index (κ2) is 5.42. The summed E-state index contributed by atoms with van der Waals surface area (Å²) < 4.78 is 34.2. The van der Waals surface area contributed by atoms with Gasteiger partial charge in [-0.3, -0.25) is 4.79 Å². The van der Waals surface area contributed by atoms with Crippen molar-refractivity contribution >= 4 is 5.97 Å². The standard InChI is InChI=1S/C10H11F2NO4/c1-3-17-10(15)6-8(16-2)7(14)5(4-13-6)9(11)12/h4,9H,3H2,1-2H3,(H,13,14). The lowest BCUT2D eigenvalue weighted by atomic mass is 10.2. The molecule has 0 unspecified atom stereocenters. The van der Waals surface area contributed by atoms with Crippen LogP contribution in [0.25, 0.3) is 0 Å². The highest BCUT2D eigenvalue weighted by Crippen LogP contribution is 2.19. The molecule has 94 valence electrons. The van der Waals surface area contributed by atoms with Gasteiger partial charge in [-0.2, -0.15) is 0 Å². The number of carbonyl (C=O) groups is 1. The van der Waals surface area contributed by atoms with Crippen molar-refractivity contribution in [2.24, 2.45) is 0 Å². The molecule has 0 spiro atoms. The van der Waals surface area contributed by atoms with Crippen molar-refractivity contribution in [3.8, 4) is 5.75 Å². The Balaban J connectivity index is 3.31. The number of esters is 1. The number of pyridine rings is 1. The number of aromatic nitrogens is 1. The van der Waals surface area contributed by atoms with E-state index in [1.165, 1.54) is 0 Å². The summed E-state index contributed by atoms with van der Waals surface area (Å²) in [5, 5.41) is 0. The molecule has 1 rings (SSSR count). The Morgan fingerprint density at radius 3 is 2.65 bits per heavy atom. The normalized spacial score (nSPS) is 10.4. The van der Waals surface area contributed by atoms with Crippen molar-refractivity contribution in [1.29, 1.82) is 0 Å². The maximum Gasteiger partial charge on any atom is 0.358 e. The van der Waals surface area contributed by atoms with Crippen molar-refractivity contribution in [2.45, 2.75) is 13.3 Å². The van der Waals surface area contributed by atoms with Crippen LogP contribution in [0.5, 0.6) is 5.75 Å². The van der Waals surface area contributed by atoms with E-state index >= 15 is 0 Å². The van der Waals surface area contributed by atoms with Crippen molar-refractivity contribution in [1.82, 2.24) is 4.98 Å². The molecule has 0 aliphatic carbocycles. The quantitative estimate of drug-likeness (QED) is 0.818. The van der Waals surface area contributed by atoms with Gasteiger partial charge in [0.1, 0.15) is 0 Å². The number of aromatic amines is 1. The fourth-order valence-corrected chi connectivity index (χ4v) is 1.24. The Labute approximate surface area is 95.4 Å². The third kappa shape index (κ3) is 2.61. The van der Waals surface area contributed by atoms with E-state index < -0.39 is 29.1 Å². The first kappa shape index (κ1) is 13.1. The molecule has 0 saturated heterocycles. The van der Waals surface area contributed by atoms with Crippen molar-refractivity contribution in [3.63, 3.8) is 0 Å². The molecule has 17 heavy (non-hydrogen) atoms. The van der Waals surface area contributed by atoms with Gasteiger partial charge in [0.25, 0.3) is 6.43 Å². The van der Waals surface area contributed by atoms with Crippen LogP contribution in [0.4, 0.5) is 8.78 Å². The minimum absolute atomic E-state index is 0.0978. The molecule has 0 saturated carbocycles. The van der Waals surface area contributed by atoms with E-state index in [1.807, 2.05) is 0 Å². The number of nitrogens with one attached hydrogen (secondary N) is 1. The Bertz CT molecular complexity index is 470. The number of rotatable bonds is 4. The number of H-pyrrole nitrogens is 1. The second-order valence-electron chi connectivity index (χ2n) is 3.00. The monoisotopic (exact) mass is 247 g/mol. The highest BCUT2D eigenvalue weighted by molar-refractivity contribution is 5.90. The van der Waals surface area contributed by atoms with Gasteiger partial charge < -0.3 is 14.5 Å². The van der Waals surface area contributed by atoms with Gasteiger partial charge in [0.15, 0.2) is 11.4 Å². The van der Waals surface area contributed by atoms with Gasteiger partial charge in [-0.05, 0) is 6.92 Å². The molecule has 0 atom stereocenters. The van der Waals surface area contributed by atoms with Crippen LogP contribution >= 0.6 is 0 Å². The summed E-state index contributed by atoms with van der Waals surface area (Å²) in [5.41, 5.74) is -2.05. The maximum absolute atomic E-state index is 12.4. The van der Waals surface area contributed by atoms with Crippen LogP contribution in [0.2, 0.25) is 0 Å². The molecule has 0 aliphatic heterocycles. The van der Waals surface area contributed by atoms with Crippen LogP contribution in [0.15, 0.2) is 11.0 Å². The SMILES string of the molecule is CCOC(=O)c1[nH]cc(C(F)F)c(=O)c1OC. The van der Waals surface area contributed by atoms with E-state index in [9.17, 15) is 18.4 Å². The molecule has 0 radical (unpaired) electrons. The van der Waals surface area contributed by atoms with Gasteiger partial charge in [0.05, 0.1) is 19.3 Å². The molecule has 0 amide bonds. The Morgan fingerprint density at radius 1 is 1.53 bits per heavy atom. The van der Waals surface area contributed by atoms with Crippen molar-refractivity contribution in [2.75, 3.05) is 13.7 Å². The van der Waals surface area contributed by atoms with E-state index in [4.69, 9.17) is 0 Å². The fraction of sp³-hybridized carbons (Fsp3) is 0.400. The van der Waals surface area contributed by atoms with E-state index in [2.05, 4.69) is 14.5 Å². The molecule has 1 N–H and O–H groups in total. The third-order valence-electron chi connectivity index (χ3n) is 1.99. The summed E-state index contributed by atoms with van der Waals surface area (Å²) in [6.07, 6.45) is -2.16. The third-order valence-corrected chi connectivity index (χ3v) is 1.99. The lowest BCUT2D eigenvalue weighted by Gasteiger charge is -2.08. The van der Waals surface area contributed by atoms with Gasteiger partial charge in [0.2, 0.25) is 5.43 Å². The molecule has 0 bridgehead atoms. The summed E-state index contributed by atoms with van der Waals surface area (Å²) in [6.45, 7) is 1.68. The first-order valence-electron chi connectivity index (χ1n) is 4.77. The van der Waals surface area contributed by atoms with E-state index in [-0.39, 0.29) is 12.3 Å². The highest BCUT2D eigenvalue weighted by Gasteiger charge is 2.22. The molecular weight excluding hydrogens is 236 g/mol. The number of ether oxygens (including phenoxy) is 2. The van der Waals surface area contributed by atoms with Gasteiger partial charge in [0, 0.05) is 6.20 Å². The van der Waals surface area contributed by atoms with Crippen LogP contribution in [-0.4, -0.2) is 24.7 Å². The Morgan fingerprint density at radius 2 is 2.18 bits per heavy atom. The zero-order valence-corrected chi connectivity index (χ0v) is 9.25. The molecule has 1 aromatic rings. The van der Waals surface area contributed by atoms with E-state index in [0.717, 1.165) is 13.3 Å². The molecular formula is C10H11F2NO4. The lowest BCUT2D eigenvalue weighted by Crippen LogP contribution is -2.19. The Hall–Kier alpha value is -1.92. The summed E-state index contributed by atoms with van der Waals surface area (Å²) in [5.74, 6) is -1.30. The molecule has 1 heterocycles. The van der Waals surface area contributed by atoms with Crippen LogP contribution in [0.1, 0.15) is 29.4 Å². The summed E-state index contributed by atoms with van der Waals surface area (Å²) in [7, 11) is 1.11. The van der Waals surface area contributed by atoms with Crippen LogP contribution in [-0.2, 0) is 4.74 Å². The number of hydrogen-bond acceptors (Lipinski definition) is 4. The van der Waals surface area contributed by atoms with E-state index in [1.54, 1.807) is 6.92 Å². The van der Waals surface area contributed by atoms with Crippen LogP contribution < -0.4 is 10.2 Å². The van der Waals surface area contributed by atoms with E-state index in [0.29, 0.717) is 0 Å². The highest BCUT2D eigenvalue weighted by atomic mass is 19.3. The van der Waals surface area contributed by atoms with Gasteiger partial charge >= 0.3 is 5.97 Å². The summed E-state index contributed by atoms with van der Waals surface area (Å²) in [4.78, 5) is 25.2. The minimum Gasteiger partial charge on any atom is -0.491 e. The van der Waals surface area contributed by atoms with Gasteiger partial charge in [-0.25, -0.2) is 13.6 Å². The first-order valence-corrected chi connectivity index (χ1v) is 4.77. The molecule has 5 nitrogen and oxygen atoms in total. The zero-order valence-electron chi connectivity index (χ0n) is 9.25. The van der Waals surface area contributed by atoms with Crippen molar-refractivity contribution < 1.29 is 23.0 Å². The number of methoxy groups -OCH3 is 1. The first-order chi connectivity index (χ1) is 8.02. The molecule has 0 aliphatic rings. The number of halogens is 2. The molecule has 7 heteroatoms. The topological polar surface area (TPSA) is 68.4 Å². The molecule has 0 fully saturated rings. The fourth-order valence-electron chi connectivity index (χ4n) is 1.24. The second-order valence-corrected chi connectivity index (χ2v) is 3.00. The van der Waals surface area contributed by atoms with Crippen molar-refractivity contribution in [3.05, 3.63) is 27.7 Å². The van der Waals surface area contributed by atoms with Crippen LogP contribution in [0, 0.1) is 0 Å². The average molecular weight is 247 g/mol. The molecule has 1 aromatic heterocycles. The predicted molar refractivity (Wildman–Crippen MR) is 54.5 cm³/mol. The number of hydrogen-bond donors (Lipinski definition) is 1. The summed E-state index contributed by atoms with van der Waals surface area (Å²) in [6, 6.07) is 0. The van der Waals surface area contributed by atoms with Gasteiger partial charge in [-0.15, -0.1) is 0 Å².